The number of methoxy groups -OCH3 is 1. The maximum Gasteiger partial charge on any atom is 0.275 e. The SMILES string of the molecule is CCN(CC)CCCn1c(=O)c2cccn2c2nc(OC)ccc21. The second kappa shape index (κ2) is 7.05. The minimum Gasteiger partial charge on any atom is -0.481 e. The monoisotopic (exact) mass is 328 g/mol. The standard InChI is InChI=1S/C18H24N4O2/c1-4-20(5-2)11-7-13-22-14-9-10-16(24-3)19-17(14)21-12-6-8-15(21)18(22)23/h6,8-10,12H,4-5,7,11,13H2,1-3H3. The molecule has 0 aliphatic heterocycles. The van der Waals surface area contributed by atoms with Crippen molar-refractivity contribution in [3.8, 4) is 5.88 Å². The van der Waals surface area contributed by atoms with Gasteiger partial charge in [0.1, 0.15) is 5.52 Å². The van der Waals surface area contributed by atoms with E-state index in [1.165, 1.54) is 0 Å². The van der Waals surface area contributed by atoms with Gasteiger partial charge in [-0.05, 0) is 44.3 Å². The second-order valence-electron chi connectivity index (χ2n) is 5.80. The zero-order valence-electron chi connectivity index (χ0n) is 14.5. The summed E-state index contributed by atoms with van der Waals surface area (Å²) in [5.74, 6) is 0.547. The van der Waals surface area contributed by atoms with Gasteiger partial charge >= 0.3 is 0 Å². The van der Waals surface area contributed by atoms with Crippen LogP contribution in [0.4, 0.5) is 0 Å². The van der Waals surface area contributed by atoms with E-state index in [9.17, 15) is 4.79 Å². The van der Waals surface area contributed by atoms with Crippen molar-refractivity contribution in [2.75, 3.05) is 26.7 Å². The fraction of sp³-hybridized carbons (Fsp3) is 0.444. The highest BCUT2D eigenvalue weighted by Crippen LogP contribution is 2.17. The lowest BCUT2D eigenvalue weighted by atomic mass is 10.3. The van der Waals surface area contributed by atoms with Gasteiger partial charge in [0.15, 0.2) is 5.65 Å². The van der Waals surface area contributed by atoms with Crippen LogP contribution in [0.3, 0.4) is 0 Å². The van der Waals surface area contributed by atoms with E-state index in [0.717, 1.165) is 37.2 Å². The number of nitrogens with zero attached hydrogens (tertiary/aromatic N) is 4. The van der Waals surface area contributed by atoms with Gasteiger partial charge in [-0.1, -0.05) is 13.8 Å². The molecule has 0 aliphatic carbocycles. The lowest BCUT2D eigenvalue weighted by molar-refractivity contribution is 0.293. The molecule has 3 rings (SSSR count). The van der Waals surface area contributed by atoms with Gasteiger partial charge in [-0.15, -0.1) is 0 Å². The Morgan fingerprint density at radius 3 is 2.67 bits per heavy atom. The van der Waals surface area contributed by atoms with Gasteiger partial charge in [0.25, 0.3) is 5.56 Å². The Labute approximate surface area is 141 Å². The molecule has 6 nitrogen and oxygen atoms in total. The number of ether oxygens (including phenoxy) is 1. The van der Waals surface area contributed by atoms with E-state index in [1.54, 1.807) is 13.2 Å². The second-order valence-corrected chi connectivity index (χ2v) is 5.80. The minimum atomic E-state index is 0.0269. The van der Waals surface area contributed by atoms with Crippen LogP contribution in [-0.4, -0.2) is 45.6 Å². The topological polar surface area (TPSA) is 51.8 Å². The van der Waals surface area contributed by atoms with Gasteiger partial charge in [-0.2, -0.15) is 4.98 Å². The molecule has 0 unspecified atom stereocenters. The fourth-order valence-electron chi connectivity index (χ4n) is 3.13. The summed E-state index contributed by atoms with van der Waals surface area (Å²) in [6.45, 7) is 8.05. The third-order valence-electron chi connectivity index (χ3n) is 4.52. The van der Waals surface area contributed by atoms with Gasteiger partial charge in [0.05, 0.1) is 12.6 Å². The van der Waals surface area contributed by atoms with E-state index >= 15 is 0 Å². The summed E-state index contributed by atoms with van der Waals surface area (Å²) in [6.07, 6.45) is 2.80. The molecule has 0 saturated heterocycles. The Bertz CT molecular complexity index is 893. The van der Waals surface area contributed by atoms with Crippen LogP contribution in [0.1, 0.15) is 20.3 Å². The molecule has 6 heteroatoms. The highest BCUT2D eigenvalue weighted by atomic mass is 16.5. The van der Waals surface area contributed by atoms with Crippen LogP contribution in [0.15, 0.2) is 35.3 Å². The van der Waals surface area contributed by atoms with E-state index in [0.29, 0.717) is 17.9 Å². The Morgan fingerprint density at radius 1 is 1.17 bits per heavy atom. The quantitative estimate of drug-likeness (QED) is 0.668. The number of rotatable bonds is 7. The molecule has 128 valence electrons. The molecule has 0 saturated carbocycles. The molecule has 3 aromatic rings. The first-order chi connectivity index (χ1) is 11.7. The maximum absolute atomic E-state index is 12.8. The smallest absolute Gasteiger partial charge is 0.275 e. The summed E-state index contributed by atoms with van der Waals surface area (Å²) >= 11 is 0. The molecular weight excluding hydrogens is 304 g/mol. The molecule has 24 heavy (non-hydrogen) atoms. The number of fused-ring (bicyclic) bond motifs is 3. The number of hydrogen-bond donors (Lipinski definition) is 0. The van der Waals surface area contributed by atoms with Crippen molar-refractivity contribution in [3.63, 3.8) is 0 Å². The number of aryl methyl sites for hydroxylation is 1. The number of aromatic nitrogens is 3. The van der Waals surface area contributed by atoms with Gasteiger partial charge in [0, 0.05) is 18.8 Å². The third kappa shape index (κ3) is 2.89. The lowest BCUT2D eigenvalue weighted by Gasteiger charge is -2.18. The molecule has 0 aromatic carbocycles. The van der Waals surface area contributed by atoms with E-state index in [-0.39, 0.29) is 5.56 Å². The highest BCUT2D eigenvalue weighted by Gasteiger charge is 2.12. The highest BCUT2D eigenvalue weighted by molar-refractivity contribution is 5.75. The Balaban J connectivity index is 2.04. The largest absolute Gasteiger partial charge is 0.481 e. The van der Waals surface area contributed by atoms with Crippen LogP contribution in [0.5, 0.6) is 5.88 Å². The first kappa shape index (κ1) is 16.5. The summed E-state index contributed by atoms with van der Waals surface area (Å²) < 4.78 is 8.91. The molecular formula is C18H24N4O2. The van der Waals surface area contributed by atoms with Crippen LogP contribution in [-0.2, 0) is 6.54 Å². The summed E-state index contributed by atoms with van der Waals surface area (Å²) in [6, 6.07) is 7.43. The average molecular weight is 328 g/mol. The third-order valence-corrected chi connectivity index (χ3v) is 4.52. The van der Waals surface area contributed by atoms with Gasteiger partial charge in [0.2, 0.25) is 5.88 Å². The zero-order chi connectivity index (χ0) is 17.1. The van der Waals surface area contributed by atoms with Crippen LogP contribution in [0.2, 0.25) is 0 Å². The van der Waals surface area contributed by atoms with E-state index in [2.05, 4.69) is 23.7 Å². The number of pyridine rings is 1. The summed E-state index contributed by atoms with van der Waals surface area (Å²) in [4.78, 5) is 19.7. The van der Waals surface area contributed by atoms with Crippen LogP contribution < -0.4 is 10.3 Å². The molecule has 3 aromatic heterocycles. The Morgan fingerprint density at radius 2 is 1.96 bits per heavy atom. The zero-order valence-corrected chi connectivity index (χ0v) is 14.5. The van der Waals surface area contributed by atoms with Crippen LogP contribution in [0.25, 0.3) is 16.7 Å². The molecule has 0 spiro atoms. The fourth-order valence-corrected chi connectivity index (χ4v) is 3.13. The molecule has 0 N–H and O–H groups in total. The lowest BCUT2D eigenvalue weighted by Crippen LogP contribution is -2.28. The van der Waals surface area contributed by atoms with Crippen LogP contribution in [0, 0.1) is 0 Å². The van der Waals surface area contributed by atoms with E-state index in [4.69, 9.17) is 4.74 Å². The van der Waals surface area contributed by atoms with Crippen molar-refractivity contribution in [2.24, 2.45) is 0 Å². The molecule has 0 atom stereocenters. The van der Waals surface area contributed by atoms with Gasteiger partial charge in [-0.3, -0.25) is 9.20 Å². The first-order valence-corrected chi connectivity index (χ1v) is 8.46. The van der Waals surface area contributed by atoms with E-state index < -0.39 is 0 Å². The molecule has 0 amide bonds. The van der Waals surface area contributed by atoms with Crippen molar-refractivity contribution < 1.29 is 4.74 Å². The van der Waals surface area contributed by atoms with Crippen molar-refractivity contribution >= 4 is 16.7 Å². The Kier molecular flexibility index (Phi) is 4.85. The summed E-state index contributed by atoms with van der Waals surface area (Å²) in [5.41, 5.74) is 2.26. The summed E-state index contributed by atoms with van der Waals surface area (Å²) in [5, 5.41) is 0. The van der Waals surface area contributed by atoms with Crippen molar-refractivity contribution in [3.05, 3.63) is 40.8 Å². The van der Waals surface area contributed by atoms with Gasteiger partial charge in [-0.25, -0.2) is 0 Å². The predicted molar refractivity (Wildman–Crippen MR) is 95.9 cm³/mol. The molecule has 3 heterocycles. The van der Waals surface area contributed by atoms with Crippen LogP contribution >= 0.6 is 0 Å². The minimum absolute atomic E-state index is 0.0269. The predicted octanol–water partition coefficient (Wildman–Crippen LogP) is 2.39. The molecule has 0 bridgehead atoms. The molecule has 0 radical (unpaired) electrons. The number of hydrogen-bond acceptors (Lipinski definition) is 4. The maximum atomic E-state index is 12.8. The first-order valence-electron chi connectivity index (χ1n) is 8.46. The molecule has 0 fully saturated rings. The summed E-state index contributed by atoms with van der Waals surface area (Å²) in [7, 11) is 1.60. The normalized spacial score (nSPS) is 11.7. The van der Waals surface area contributed by atoms with Crippen molar-refractivity contribution in [2.45, 2.75) is 26.8 Å². The average Bonchev–Trinajstić information content (AvgIpc) is 3.11. The Hall–Kier alpha value is -2.34. The van der Waals surface area contributed by atoms with Crippen molar-refractivity contribution in [1.29, 1.82) is 0 Å². The van der Waals surface area contributed by atoms with E-state index in [1.807, 2.05) is 33.4 Å². The molecule has 0 aliphatic rings. The van der Waals surface area contributed by atoms with Crippen molar-refractivity contribution in [1.82, 2.24) is 18.9 Å². The van der Waals surface area contributed by atoms with Gasteiger partial charge < -0.3 is 14.2 Å².